The number of likely N-dealkylation sites (tertiary alicyclic amines) is 1. The smallest absolute Gasteiger partial charge is 0.308 e. The highest BCUT2D eigenvalue weighted by Crippen LogP contribution is 2.18. The number of hydrogen-bond acceptors (Lipinski definition) is 5. The van der Waals surface area contributed by atoms with Gasteiger partial charge in [-0.05, 0) is 39.8 Å². The molecule has 0 aromatic heterocycles. The summed E-state index contributed by atoms with van der Waals surface area (Å²) in [7, 11) is 1.45. The van der Waals surface area contributed by atoms with Crippen molar-refractivity contribution in [3.63, 3.8) is 0 Å². The Bertz CT molecular complexity index is 233. The molecule has 5 nitrogen and oxygen atoms in total. The Balaban J connectivity index is 2.31. The summed E-state index contributed by atoms with van der Waals surface area (Å²) in [6.07, 6.45) is 1.56. The summed E-state index contributed by atoms with van der Waals surface area (Å²) in [6, 6.07) is 0. The molecule has 1 rings (SSSR count). The van der Waals surface area contributed by atoms with Crippen molar-refractivity contribution in [3.8, 4) is 0 Å². The highest BCUT2D eigenvalue weighted by atomic mass is 16.7. The van der Waals surface area contributed by atoms with Gasteiger partial charge in [-0.3, -0.25) is 9.69 Å². The average Bonchev–Trinajstić information content (AvgIpc) is 2.39. The lowest BCUT2D eigenvalue weighted by Crippen LogP contribution is -2.42. The van der Waals surface area contributed by atoms with Crippen molar-refractivity contribution in [1.29, 1.82) is 0 Å². The van der Waals surface area contributed by atoms with Gasteiger partial charge in [0.2, 0.25) is 0 Å². The number of methoxy groups -OCH3 is 1. The molecule has 0 aromatic carbocycles. The van der Waals surface area contributed by atoms with E-state index in [4.69, 9.17) is 14.2 Å². The van der Waals surface area contributed by atoms with Gasteiger partial charge in [0, 0.05) is 19.8 Å². The molecule has 0 saturated carbocycles. The van der Waals surface area contributed by atoms with E-state index in [0.29, 0.717) is 13.2 Å². The van der Waals surface area contributed by atoms with Crippen LogP contribution in [0.15, 0.2) is 0 Å². The highest BCUT2D eigenvalue weighted by molar-refractivity contribution is 5.72. The lowest BCUT2D eigenvalue weighted by atomic mass is 9.97. The third kappa shape index (κ3) is 4.92. The fourth-order valence-corrected chi connectivity index (χ4v) is 2.25. The second-order valence-corrected chi connectivity index (χ2v) is 4.44. The van der Waals surface area contributed by atoms with Crippen LogP contribution in [-0.2, 0) is 19.0 Å². The standard InChI is InChI=1S/C13H25NO4/c1-4-17-12(18-5-2)10-14-8-6-11(7-9-14)13(15)16-3/h11-12H,4-10H2,1-3H3. The van der Waals surface area contributed by atoms with E-state index in [-0.39, 0.29) is 18.2 Å². The summed E-state index contributed by atoms with van der Waals surface area (Å²) in [5.74, 6) is -0.0234. The third-order valence-electron chi connectivity index (χ3n) is 3.23. The van der Waals surface area contributed by atoms with Crippen LogP contribution in [-0.4, -0.2) is 57.1 Å². The molecule has 1 aliphatic rings. The van der Waals surface area contributed by atoms with Gasteiger partial charge >= 0.3 is 5.97 Å². The van der Waals surface area contributed by atoms with Crippen LogP contribution in [0.4, 0.5) is 0 Å². The quantitative estimate of drug-likeness (QED) is 0.509. The van der Waals surface area contributed by atoms with Gasteiger partial charge in [-0.1, -0.05) is 0 Å². The minimum absolute atomic E-state index is 0.0592. The Labute approximate surface area is 109 Å². The summed E-state index contributed by atoms with van der Waals surface area (Å²) < 4.78 is 15.8. The Morgan fingerprint density at radius 2 is 1.78 bits per heavy atom. The maximum Gasteiger partial charge on any atom is 0.308 e. The van der Waals surface area contributed by atoms with Gasteiger partial charge in [-0.25, -0.2) is 0 Å². The molecule has 0 bridgehead atoms. The maximum atomic E-state index is 11.4. The van der Waals surface area contributed by atoms with Crippen LogP contribution in [0, 0.1) is 5.92 Å². The van der Waals surface area contributed by atoms with Crippen molar-refractivity contribution < 1.29 is 19.0 Å². The molecular weight excluding hydrogens is 234 g/mol. The summed E-state index contributed by atoms with van der Waals surface area (Å²) in [4.78, 5) is 13.7. The fraction of sp³-hybridized carbons (Fsp3) is 0.923. The highest BCUT2D eigenvalue weighted by Gasteiger charge is 2.26. The number of nitrogens with zero attached hydrogens (tertiary/aromatic N) is 1. The number of carbonyl (C=O) groups excluding carboxylic acids is 1. The minimum Gasteiger partial charge on any atom is -0.469 e. The summed E-state index contributed by atoms with van der Waals surface area (Å²) in [5, 5.41) is 0. The molecule has 5 heteroatoms. The van der Waals surface area contributed by atoms with E-state index in [2.05, 4.69) is 4.90 Å². The van der Waals surface area contributed by atoms with Crippen molar-refractivity contribution in [2.24, 2.45) is 5.92 Å². The zero-order valence-corrected chi connectivity index (χ0v) is 11.7. The lowest BCUT2D eigenvalue weighted by Gasteiger charge is -2.32. The predicted octanol–water partition coefficient (Wildman–Crippen LogP) is 1.27. The molecule has 1 saturated heterocycles. The van der Waals surface area contributed by atoms with Crippen LogP contribution in [0.2, 0.25) is 0 Å². The van der Waals surface area contributed by atoms with E-state index >= 15 is 0 Å². The molecule has 18 heavy (non-hydrogen) atoms. The minimum atomic E-state index is -0.158. The molecule has 0 amide bonds. The van der Waals surface area contributed by atoms with Gasteiger partial charge in [0.1, 0.15) is 0 Å². The van der Waals surface area contributed by atoms with E-state index in [1.807, 2.05) is 13.8 Å². The largest absolute Gasteiger partial charge is 0.469 e. The summed E-state index contributed by atoms with van der Waals surface area (Å²) >= 11 is 0. The second kappa shape index (κ2) is 8.45. The van der Waals surface area contributed by atoms with Crippen LogP contribution >= 0.6 is 0 Å². The summed E-state index contributed by atoms with van der Waals surface area (Å²) in [5.41, 5.74) is 0. The molecule has 0 N–H and O–H groups in total. The Kier molecular flexibility index (Phi) is 7.23. The van der Waals surface area contributed by atoms with Gasteiger partial charge in [0.15, 0.2) is 6.29 Å². The van der Waals surface area contributed by atoms with Gasteiger partial charge in [0.25, 0.3) is 0 Å². The zero-order valence-electron chi connectivity index (χ0n) is 11.7. The van der Waals surface area contributed by atoms with Gasteiger partial charge in [-0.2, -0.15) is 0 Å². The van der Waals surface area contributed by atoms with Crippen molar-refractivity contribution in [2.45, 2.75) is 33.0 Å². The topological polar surface area (TPSA) is 48.0 Å². The van der Waals surface area contributed by atoms with E-state index in [9.17, 15) is 4.79 Å². The van der Waals surface area contributed by atoms with Crippen LogP contribution < -0.4 is 0 Å². The molecule has 0 spiro atoms. The third-order valence-corrected chi connectivity index (χ3v) is 3.23. The van der Waals surface area contributed by atoms with Crippen molar-refractivity contribution in [1.82, 2.24) is 4.90 Å². The Morgan fingerprint density at radius 1 is 1.22 bits per heavy atom. The summed E-state index contributed by atoms with van der Waals surface area (Å²) in [6.45, 7) is 7.82. The second-order valence-electron chi connectivity index (χ2n) is 4.44. The number of esters is 1. The Hall–Kier alpha value is -0.650. The molecule has 0 radical (unpaired) electrons. The fourth-order valence-electron chi connectivity index (χ4n) is 2.25. The molecule has 0 aliphatic carbocycles. The number of rotatable bonds is 7. The molecule has 106 valence electrons. The van der Waals surface area contributed by atoms with Crippen molar-refractivity contribution in [3.05, 3.63) is 0 Å². The van der Waals surface area contributed by atoms with E-state index in [1.54, 1.807) is 0 Å². The van der Waals surface area contributed by atoms with E-state index < -0.39 is 0 Å². The van der Waals surface area contributed by atoms with Gasteiger partial charge in [0.05, 0.1) is 13.0 Å². The lowest BCUT2D eigenvalue weighted by molar-refractivity contribution is -0.153. The Morgan fingerprint density at radius 3 is 2.22 bits per heavy atom. The molecule has 0 unspecified atom stereocenters. The van der Waals surface area contributed by atoms with Crippen molar-refractivity contribution >= 4 is 5.97 Å². The normalized spacial score (nSPS) is 18.2. The van der Waals surface area contributed by atoms with Crippen molar-refractivity contribution in [2.75, 3.05) is 40.0 Å². The first-order valence-electron chi connectivity index (χ1n) is 6.74. The average molecular weight is 259 g/mol. The van der Waals surface area contributed by atoms with E-state index in [0.717, 1.165) is 32.5 Å². The van der Waals surface area contributed by atoms with Gasteiger partial charge in [-0.15, -0.1) is 0 Å². The first-order chi connectivity index (χ1) is 8.71. The molecule has 0 aromatic rings. The predicted molar refractivity (Wildman–Crippen MR) is 68.2 cm³/mol. The number of carbonyl (C=O) groups is 1. The van der Waals surface area contributed by atoms with E-state index in [1.165, 1.54) is 7.11 Å². The maximum absolute atomic E-state index is 11.4. The SMILES string of the molecule is CCOC(CN1CCC(C(=O)OC)CC1)OCC. The van der Waals surface area contributed by atoms with Gasteiger partial charge < -0.3 is 14.2 Å². The molecule has 1 fully saturated rings. The molecule has 0 atom stereocenters. The van der Waals surface area contributed by atoms with Crippen LogP contribution in [0.25, 0.3) is 0 Å². The zero-order chi connectivity index (χ0) is 13.4. The molecular formula is C13H25NO4. The van der Waals surface area contributed by atoms with Crippen LogP contribution in [0.1, 0.15) is 26.7 Å². The van der Waals surface area contributed by atoms with Crippen LogP contribution in [0.5, 0.6) is 0 Å². The molecule has 1 heterocycles. The molecule has 1 aliphatic heterocycles. The number of piperidine rings is 1. The monoisotopic (exact) mass is 259 g/mol. The first kappa shape index (κ1) is 15.4. The van der Waals surface area contributed by atoms with Crippen LogP contribution in [0.3, 0.4) is 0 Å². The first-order valence-corrected chi connectivity index (χ1v) is 6.74. The number of hydrogen-bond donors (Lipinski definition) is 0. The number of ether oxygens (including phenoxy) is 3.